The van der Waals surface area contributed by atoms with E-state index in [9.17, 15) is 32.7 Å². The number of urea groups is 1. The van der Waals surface area contributed by atoms with Crippen molar-refractivity contribution in [1.82, 2.24) is 24.9 Å². The van der Waals surface area contributed by atoms with Crippen LogP contribution in [0.15, 0.2) is 36.4 Å². The first-order valence-electron chi connectivity index (χ1n) is 16.4. The summed E-state index contributed by atoms with van der Waals surface area (Å²) in [5, 5.41) is 15.7. The van der Waals surface area contributed by atoms with E-state index in [1.807, 2.05) is 24.3 Å². The maximum atomic E-state index is 13.9. The lowest BCUT2D eigenvalue weighted by Crippen LogP contribution is -2.54. The number of nitrogens with one attached hydrogen (secondary N) is 2. The third-order valence-electron chi connectivity index (χ3n) is 9.84. The van der Waals surface area contributed by atoms with Gasteiger partial charge in [0.1, 0.15) is 5.75 Å². The molecular formula is C33H40ClF3N6O5. The second-order valence-corrected chi connectivity index (χ2v) is 13.2. The van der Waals surface area contributed by atoms with Crippen LogP contribution in [0.2, 0.25) is 5.02 Å². The lowest BCUT2D eigenvalue weighted by Gasteiger charge is -2.41. The smallest absolute Gasteiger partial charge is 0.420 e. The van der Waals surface area contributed by atoms with Crippen LogP contribution in [0.4, 0.5) is 28.4 Å². The fourth-order valence-corrected chi connectivity index (χ4v) is 7.40. The molecule has 2 aromatic rings. The number of nitrogens with zero attached hydrogens (tertiary/aromatic N) is 4. The second-order valence-electron chi connectivity index (χ2n) is 12.8. The maximum absolute atomic E-state index is 13.9. The minimum atomic E-state index is -4.89. The molecule has 0 bridgehead atoms. The number of carbonyl (C=O) groups is 3. The van der Waals surface area contributed by atoms with Crippen LogP contribution >= 0.6 is 11.6 Å². The number of rotatable bonds is 6. The highest BCUT2D eigenvalue weighted by molar-refractivity contribution is 6.32. The largest absolute Gasteiger partial charge is 0.506 e. The molecule has 3 fully saturated rings. The topological polar surface area (TPSA) is 118 Å². The number of ether oxygens (including phenoxy) is 1. The number of phenolic OH excluding ortho intramolecular Hbond substituents is 1. The van der Waals surface area contributed by atoms with Gasteiger partial charge in [-0.2, -0.15) is 13.2 Å². The summed E-state index contributed by atoms with van der Waals surface area (Å²) in [6.45, 7) is 5.52. The lowest BCUT2D eigenvalue weighted by molar-refractivity contribution is -0.142. The minimum absolute atomic E-state index is 0.00192. The SMILES string of the molecule is O=C(OC(Cc1cc(Cl)c(O)c(C(F)(F)F)c1)C(=O)N1CCC(N2CCNCC2)CC1)N1CCC(N2Cc3ccccc3NC2=O)CC1. The molecule has 260 valence electrons. The molecule has 4 aliphatic rings. The van der Waals surface area contributed by atoms with Gasteiger partial charge in [-0.25, -0.2) is 9.59 Å². The van der Waals surface area contributed by atoms with E-state index in [4.69, 9.17) is 16.3 Å². The van der Waals surface area contributed by atoms with E-state index < -0.39 is 40.6 Å². The zero-order valence-electron chi connectivity index (χ0n) is 26.5. The Labute approximate surface area is 281 Å². The summed E-state index contributed by atoms with van der Waals surface area (Å²) in [6, 6.07) is 9.48. The van der Waals surface area contributed by atoms with Gasteiger partial charge in [-0.05, 0) is 55.0 Å². The van der Waals surface area contributed by atoms with E-state index in [0.29, 0.717) is 38.5 Å². The Balaban J connectivity index is 1.13. The highest BCUT2D eigenvalue weighted by Crippen LogP contribution is 2.40. The van der Waals surface area contributed by atoms with E-state index in [1.165, 1.54) is 4.90 Å². The van der Waals surface area contributed by atoms with E-state index in [1.54, 1.807) is 9.80 Å². The molecular weight excluding hydrogens is 653 g/mol. The van der Waals surface area contributed by atoms with Crippen LogP contribution in [0.5, 0.6) is 5.75 Å². The molecule has 6 rings (SSSR count). The highest BCUT2D eigenvalue weighted by atomic mass is 35.5. The Hall–Kier alpha value is -3.75. The number of fused-ring (bicyclic) bond motifs is 1. The lowest BCUT2D eigenvalue weighted by atomic mass is 9.99. The van der Waals surface area contributed by atoms with Gasteiger partial charge in [0.15, 0.2) is 6.10 Å². The van der Waals surface area contributed by atoms with Gasteiger partial charge in [-0.1, -0.05) is 29.8 Å². The Morgan fingerprint density at radius 1 is 0.958 bits per heavy atom. The van der Waals surface area contributed by atoms with E-state index >= 15 is 0 Å². The number of piperidine rings is 2. The van der Waals surface area contributed by atoms with Gasteiger partial charge in [-0.15, -0.1) is 0 Å². The predicted octanol–water partition coefficient (Wildman–Crippen LogP) is 4.52. The van der Waals surface area contributed by atoms with Crippen LogP contribution in [-0.4, -0.2) is 113 Å². The Kier molecular flexibility index (Phi) is 10.2. The Bertz CT molecular complexity index is 1510. The standard InChI is InChI=1S/C33H40ClF3N6O5/c34-26-18-21(17-25(29(26)44)33(35,36)37)19-28(30(45)41-11-5-23(6-12-41)40-15-9-38-10-16-40)48-32(47)42-13-7-24(8-14-42)43-20-22-3-1-2-4-27(22)39-31(43)46/h1-4,17-18,23-24,28,38,44H,5-16,19-20H2,(H,39,46). The molecule has 4 amide bonds. The van der Waals surface area contributed by atoms with Crippen molar-refractivity contribution < 1.29 is 37.4 Å². The van der Waals surface area contributed by atoms with Crippen LogP contribution in [0.3, 0.4) is 0 Å². The van der Waals surface area contributed by atoms with Gasteiger partial charge in [0.2, 0.25) is 0 Å². The number of para-hydroxylation sites is 1. The Morgan fingerprint density at radius 3 is 2.29 bits per heavy atom. The quantitative estimate of drug-likeness (QED) is 0.408. The van der Waals surface area contributed by atoms with Crippen LogP contribution in [-0.2, 0) is 28.7 Å². The molecule has 11 nitrogen and oxygen atoms in total. The van der Waals surface area contributed by atoms with Gasteiger partial charge < -0.3 is 35.2 Å². The van der Waals surface area contributed by atoms with Crippen molar-refractivity contribution in [2.45, 2.75) is 63.0 Å². The fraction of sp³-hybridized carbons (Fsp3) is 0.545. The van der Waals surface area contributed by atoms with Crippen molar-refractivity contribution in [3.05, 3.63) is 58.1 Å². The van der Waals surface area contributed by atoms with E-state index in [2.05, 4.69) is 15.5 Å². The number of phenols is 1. The molecule has 2 aromatic carbocycles. The van der Waals surface area contributed by atoms with Crippen molar-refractivity contribution in [2.75, 3.05) is 57.7 Å². The monoisotopic (exact) mass is 692 g/mol. The minimum Gasteiger partial charge on any atom is -0.506 e. The van der Waals surface area contributed by atoms with Gasteiger partial charge in [0.25, 0.3) is 5.91 Å². The number of amides is 4. The van der Waals surface area contributed by atoms with Crippen LogP contribution in [0.1, 0.15) is 42.4 Å². The van der Waals surface area contributed by atoms with Gasteiger partial charge in [0, 0.05) is 83.1 Å². The Morgan fingerprint density at radius 2 is 1.60 bits per heavy atom. The molecule has 4 aliphatic heterocycles. The molecule has 48 heavy (non-hydrogen) atoms. The number of aromatic hydroxyl groups is 1. The fourth-order valence-electron chi connectivity index (χ4n) is 7.16. The summed E-state index contributed by atoms with van der Waals surface area (Å²) in [5.41, 5.74) is 0.453. The molecule has 1 unspecified atom stereocenters. The third-order valence-corrected chi connectivity index (χ3v) is 10.1. The molecule has 3 saturated heterocycles. The third kappa shape index (κ3) is 7.60. The zero-order chi connectivity index (χ0) is 34.0. The van der Waals surface area contributed by atoms with Crippen molar-refractivity contribution in [1.29, 1.82) is 0 Å². The number of hydrogen-bond donors (Lipinski definition) is 3. The number of anilines is 1. The predicted molar refractivity (Wildman–Crippen MR) is 172 cm³/mol. The molecule has 1 atom stereocenters. The summed E-state index contributed by atoms with van der Waals surface area (Å²) in [4.78, 5) is 47.4. The molecule has 4 heterocycles. The van der Waals surface area contributed by atoms with Crippen LogP contribution in [0, 0.1) is 0 Å². The average molecular weight is 693 g/mol. The normalized spacial score (nSPS) is 20.7. The summed E-state index contributed by atoms with van der Waals surface area (Å²) in [5.74, 6) is -1.59. The number of carbonyl (C=O) groups excluding carboxylic acids is 3. The molecule has 0 radical (unpaired) electrons. The van der Waals surface area contributed by atoms with Crippen LogP contribution in [0.25, 0.3) is 0 Å². The number of piperazine rings is 1. The number of halogens is 4. The van der Waals surface area contributed by atoms with Crippen molar-refractivity contribution >= 4 is 35.3 Å². The van der Waals surface area contributed by atoms with Crippen molar-refractivity contribution in [3.63, 3.8) is 0 Å². The van der Waals surface area contributed by atoms with Crippen molar-refractivity contribution in [2.24, 2.45) is 0 Å². The number of benzene rings is 2. The number of alkyl halides is 3. The zero-order valence-corrected chi connectivity index (χ0v) is 27.2. The molecule has 3 N–H and O–H groups in total. The maximum Gasteiger partial charge on any atom is 0.420 e. The van der Waals surface area contributed by atoms with E-state index in [0.717, 1.165) is 62.4 Å². The van der Waals surface area contributed by atoms with Crippen molar-refractivity contribution in [3.8, 4) is 5.75 Å². The number of likely N-dealkylation sites (tertiary alicyclic amines) is 2. The first kappa shape index (κ1) is 34.1. The number of hydrogen-bond acceptors (Lipinski definition) is 7. The van der Waals surface area contributed by atoms with E-state index in [-0.39, 0.29) is 37.1 Å². The second kappa shape index (κ2) is 14.4. The summed E-state index contributed by atoms with van der Waals surface area (Å²) in [6.07, 6.45) is -4.95. The molecule has 0 saturated carbocycles. The van der Waals surface area contributed by atoms with Crippen LogP contribution < -0.4 is 10.6 Å². The summed E-state index contributed by atoms with van der Waals surface area (Å²) in [7, 11) is 0. The molecule has 15 heteroatoms. The van der Waals surface area contributed by atoms with Gasteiger partial charge >= 0.3 is 18.3 Å². The summed E-state index contributed by atoms with van der Waals surface area (Å²) < 4.78 is 46.8. The molecule has 0 aliphatic carbocycles. The molecule has 0 spiro atoms. The molecule has 0 aromatic heterocycles. The first-order valence-corrected chi connectivity index (χ1v) is 16.8. The summed E-state index contributed by atoms with van der Waals surface area (Å²) >= 11 is 5.97. The average Bonchev–Trinajstić information content (AvgIpc) is 3.09. The highest BCUT2D eigenvalue weighted by Gasteiger charge is 2.39. The van der Waals surface area contributed by atoms with Gasteiger partial charge in [0.05, 0.1) is 10.6 Å². The first-order chi connectivity index (χ1) is 23.0. The van der Waals surface area contributed by atoms with Gasteiger partial charge in [-0.3, -0.25) is 9.69 Å².